The molecule has 0 radical (unpaired) electrons. The largest absolute Gasteiger partial charge is 0.434 e. The Balaban J connectivity index is 1.86. The Morgan fingerprint density at radius 2 is 2.08 bits per heavy atom. The minimum atomic E-state index is -4.50. The van der Waals surface area contributed by atoms with E-state index in [4.69, 9.17) is 0 Å². The third-order valence-corrected chi connectivity index (χ3v) is 4.57. The molecule has 0 spiro atoms. The average Bonchev–Trinajstić information content (AvgIpc) is 3.09. The second kappa shape index (κ2) is 6.75. The van der Waals surface area contributed by atoms with Gasteiger partial charge in [0.2, 0.25) is 0 Å². The van der Waals surface area contributed by atoms with Crippen LogP contribution in [0.2, 0.25) is 0 Å². The number of rotatable bonds is 4. The van der Waals surface area contributed by atoms with Crippen molar-refractivity contribution >= 4 is 28.1 Å². The summed E-state index contributed by atoms with van der Waals surface area (Å²) < 4.78 is 38.1. The zero-order valence-corrected chi connectivity index (χ0v) is 13.9. The van der Waals surface area contributed by atoms with Crippen LogP contribution in [0.4, 0.5) is 13.2 Å². The smallest absolute Gasteiger partial charge is 0.343 e. The molecule has 1 atom stereocenters. The molecule has 2 heterocycles. The summed E-state index contributed by atoms with van der Waals surface area (Å²) in [6.45, 7) is 1.77. The van der Waals surface area contributed by atoms with Gasteiger partial charge in [-0.25, -0.2) is 4.98 Å². The second-order valence-corrected chi connectivity index (χ2v) is 6.17. The molecule has 3 aromatic rings. The monoisotopic (exact) mass is 366 g/mol. The van der Waals surface area contributed by atoms with Crippen molar-refractivity contribution in [3.63, 3.8) is 0 Å². The molecule has 0 saturated carbocycles. The van der Waals surface area contributed by atoms with E-state index in [0.717, 1.165) is 16.7 Å². The Bertz CT molecular complexity index is 904. The highest BCUT2D eigenvalue weighted by Gasteiger charge is 2.34. The topological polar surface area (TPSA) is 67.8 Å². The molecule has 2 aromatic heterocycles. The number of carbonyl (C=O) groups excluding carboxylic acids is 1. The van der Waals surface area contributed by atoms with Gasteiger partial charge < -0.3 is 5.32 Å². The molecule has 0 aliphatic heterocycles. The van der Waals surface area contributed by atoms with Crippen LogP contribution in [0.3, 0.4) is 0 Å². The highest BCUT2D eigenvalue weighted by atomic mass is 32.1. The van der Waals surface area contributed by atoms with Crippen LogP contribution in [0.5, 0.6) is 0 Å². The maximum absolute atomic E-state index is 12.7. The number of halogens is 3. The van der Waals surface area contributed by atoms with Gasteiger partial charge in [0, 0.05) is 10.8 Å². The number of fused-ring (bicyclic) bond motifs is 1. The lowest BCUT2D eigenvalue weighted by Crippen LogP contribution is -2.28. The van der Waals surface area contributed by atoms with Crippen LogP contribution < -0.4 is 5.32 Å². The highest BCUT2D eigenvalue weighted by molar-refractivity contribution is 7.09. The van der Waals surface area contributed by atoms with E-state index < -0.39 is 23.8 Å². The van der Waals surface area contributed by atoms with Crippen LogP contribution >= 0.6 is 11.3 Å². The lowest BCUT2D eigenvalue weighted by molar-refractivity contribution is -0.140. The van der Waals surface area contributed by atoms with Gasteiger partial charge in [-0.1, -0.05) is 25.1 Å². The molecule has 9 heteroatoms. The second-order valence-electron chi connectivity index (χ2n) is 5.28. The van der Waals surface area contributed by atoms with Crippen LogP contribution in [-0.2, 0) is 6.18 Å². The first-order valence-corrected chi connectivity index (χ1v) is 8.32. The Morgan fingerprint density at radius 3 is 2.76 bits per heavy atom. The van der Waals surface area contributed by atoms with Gasteiger partial charge in [-0.15, -0.1) is 11.3 Å². The molecule has 0 fully saturated rings. The summed E-state index contributed by atoms with van der Waals surface area (Å²) in [6, 6.07) is 6.41. The molecular weight excluding hydrogens is 353 g/mol. The van der Waals surface area contributed by atoms with Crippen molar-refractivity contribution in [2.75, 3.05) is 0 Å². The van der Waals surface area contributed by atoms with Crippen molar-refractivity contribution in [2.45, 2.75) is 25.6 Å². The lowest BCUT2D eigenvalue weighted by atomic mass is 10.1. The van der Waals surface area contributed by atoms with Crippen LogP contribution in [0.15, 0.2) is 35.8 Å². The molecule has 1 aromatic carbocycles. The van der Waals surface area contributed by atoms with Crippen molar-refractivity contribution < 1.29 is 18.0 Å². The number of alkyl halides is 3. The van der Waals surface area contributed by atoms with E-state index in [2.05, 4.69) is 20.5 Å². The standard InChI is InChI=1S/C16H13F3N4OS/c1-2-11(15-22-13(8-25-15)16(17,18)19)21-14(24)10-7-20-23-12-6-4-3-5-9(10)12/h3-8,11H,2H2,1H3,(H,21,24). The summed E-state index contributed by atoms with van der Waals surface area (Å²) in [4.78, 5) is 16.2. The minimum absolute atomic E-state index is 0.217. The van der Waals surface area contributed by atoms with E-state index in [0.29, 0.717) is 22.9 Å². The summed E-state index contributed by atoms with van der Waals surface area (Å²) in [5, 5.41) is 12.3. The summed E-state index contributed by atoms with van der Waals surface area (Å²) in [5.74, 6) is -0.429. The van der Waals surface area contributed by atoms with Crippen molar-refractivity contribution in [3.8, 4) is 0 Å². The summed E-state index contributed by atoms with van der Waals surface area (Å²) in [5.41, 5.74) is -0.0651. The van der Waals surface area contributed by atoms with Crippen LogP contribution in [0.1, 0.15) is 40.4 Å². The molecule has 0 bridgehead atoms. The van der Waals surface area contributed by atoms with E-state index in [9.17, 15) is 18.0 Å². The van der Waals surface area contributed by atoms with Gasteiger partial charge in [0.25, 0.3) is 5.91 Å². The predicted octanol–water partition coefficient (Wildman–Crippen LogP) is 3.99. The zero-order chi connectivity index (χ0) is 18.0. The maximum Gasteiger partial charge on any atom is 0.434 e. The zero-order valence-electron chi connectivity index (χ0n) is 13.0. The number of carbonyl (C=O) groups is 1. The molecule has 0 aliphatic rings. The van der Waals surface area contributed by atoms with E-state index in [1.807, 2.05) is 0 Å². The molecule has 25 heavy (non-hydrogen) atoms. The van der Waals surface area contributed by atoms with Gasteiger partial charge in [0.1, 0.15) is 5.01 Å². The molecule has 1 unspecified atom stereocenters. The van der Waals surface area contributed by atoms with Gasteiger partial charge in [0.15, 0.2) is 5.69 Å². The van der Waals surface area contributed by atoms with E-state index in [-0.39, 0.29) is 5.01 Å². The number of nitrogens with zero attached hydrogens (tertiary/aromatic N) is 3. The first kappa shape index (κ1) is 17.3. The quantitative estimate of drug-likeness (QED) is 0.758. The molecule has 5 nitrogen and oxygen atoms in total. The van der Waals surface area contributed by atoms with E-state index in [1.165, 1.54) is 6.20 Å². The van der Waals surface area contributed by atoms with Crippen LogP contribution in [-0.4, -0.2) is 21.1 Å². The number of benzene rings is 1. The fraction of sp³-hybridized carbons (Fsp3) is 0.250. The molecule has 0 saturated heterocycles. The molecule has 1 amide bonds. The molecule has 0 aliphatic carbocycles. The van der Waals surface area contributed by atoms with E-state index in [1.54, 1.807) is 31.2 Å². The first-order valence-electron chi connectivity index (χ1n) is 7.44. The third-order valence-electron chi connectivity index (χ3n) is 3.62. The maximum atomic E-state index is 12.7. The Hall–Kier alpha value is -2.55. The minimum Gasteiger partial charge on any atom is -0.343 e. The molecule has 1 N–H and O–H groups in total. The van der Waals surface area contributed by atoms with Gasteiger partial charge in [-0.05, 0) is 12.5 Å². The number of nitrogens with one attached hydrogen (secondary N) is 1. The van der Waals surface area contributed by atoms with Crippen molar-refractivity contribution in [3.05, 3.63) is 52.1 Å². The van der Waals surface area contributed by atoms with Gasteiger partial charge >= 0.3 is 6.18 Å². The number of hydrogen-bond donors (Lipinski definition) is 1. The SMILES string of the molecule is CCC(NC(=O)c1cnnc2ccccc12)c1nc(C(F)(F)F)cs1. The van der Waals surface area contributed by atoms with E-state index >= 15 is 0 Å². The van der Waals surface area contributed by atoms with Crippen LogP contribution in [0.25, 0.3) is 10.9 Å². The summed E-state index contributed by atoms with van der Waals surface area (Å²) in [6.07, 6.45) is -2.75. The summed E-state index contributed by atoms with van der Waals surface area (Å²) >= 11 is 0.876. The van der Waals surface area contributed by atoms with Crippen LogP contribution in [0, 0.1) is 0 Å². The van der Waals surface area contributed by atoms with Crippen molar-refractivity contribution in [2.24, 2.45) is 0 Å². The molecule has 130 valence electrons. The Kier molecular flexibility index (Phi) is 4.67. The fourth-order valence-electron chi connectivity index (χ4n) is 2.34. The molecular formula is C16H13F3N4OS. The Morgan fingerprint density at radius 1 is 1.32 bits per heavy atom. The van der Waals surface area contributed by atoms with Crippen molar-refractivity contribution in [1.82, 2.24) is 20.5 Å². The number of thiazole rings is 1. The third kappa shape index (κ3) is 3.60. The number of aromatic nitrogens is 3. The highest BCUT2D eigenvalue weighted by Crippen LogP contribution is 2.32. The predicted molar refractivity (Wildman–Crippen MR) is 87.2 cm³/mol. The molecule has 3 rings (SSSR count). The number of amides is 1. The van der Waals surface area contributed by atoms with Crippen molar-refractivity contribution in [1.29, 1.82) is 0 Å². The average molecular weight is 366 g/mol. The van der Waals surface area contributed by atoms with Gasteiger partial charge in [0.05, 0.1) is 23.3 Å². The summed E-state index contributed by atoms with van der Waals surface area (Å²) in [7, 11) is 0. The first-order chi connectivity index (χ1) is 11.9. The lowest BCUT2D eigenvalue weighted by Gasteiger charge is -2.15. The number of hydrogen-bond acceptors (Lipinski definition) is 5. The van der Waals surface area contributed by atoms with Gasteiger partial charge in [-0.3, -0.25) is 4.79 Å². The van der Waals surface area contributed by atoms with Gasteiger partial charge in [-0.2, -0.15) is 23.4 Å². The fourth-order valence-corrected chi connectivity index (χ4v) is 3.30. The normalized spacial score (nSPS) is 13.0. The Labute approximate surface area is 144 Å².